The quantitative estimate of drug-likeness (QED) is 0.509. The van der Waals surface area contributed by atoms with Crippen LogP contribution in [0, 0.1) is 11.2 Å². The van der Waals surface area contributed by atoms with Gasteiger partial charge >= 0.3 is 9.05 Å². The van der Waals surface area contributed by atoms with Crippen molar-refractivity contribution in [3.05, 3.63) is 0 Å². The zero-order valence-electron chi connectivity index (χ0n) is 8.16. The first kappa shape index (κ1) is 11.8. The van der Waals surface area contributed by atoms with E-state index in [9.17, 15) is 8.42 Å². The Bertz CT molecular complexity index is 342. The Morgan fingerprint density at radius 1 is 1.50 bits per heavy atom. The van der Waals surface area contributed by atoms with Gasteiger partial charge in [-0.15, -0.1) is 0 Å². The van der Waals surface area contributed by atoms with Crippen molar-refractivity contribution in [1.29, 1.82) is 0 Å². The summed E-state index contributed by atoms with van der Waals surface area (Å²) in [7, 11) is 3.36. The van der Waals surface area contributed by atoms with Crippen LogP contribution in [-0.4, -0.2) is 33.0 Å². The van der Waals surface area contributed by atoms with E-state index in [1.807, 2.05) is 7.05 Å². The Balaban J connectivity index is 2.46. The molecule has 0 aromatic carbocycles. The highest BCUT2D eigenvalue weighted by molar-refractivity contribution is 8.17. The third-order valence-electron chi connectivity index (χ3n) is 2.45. The smallest absolute Gasteiger partial charge is 0.300 e. The van der Waals surface area contributed by atoms with Crippen LogP contribution in [0.15, 0.2) is 0 Å². The molecule has 0 aromatic heterocycles. The van der Waals surface area contributed by atoms with Gasteiger partial charge in [0.2, 0.25) is 0 Å². The molecule has 1 atom stereocenters. The lowest BCUT2D eigenvalue weighted by Crippen LogP contribution is -2.35. The minimum atomic E-state index is -3.65. The minimum absolute atomic E-state index is 0.384. The molecule has 1 saturated heterocycles. The fourth-order valence-electron chi connectivity index (χ4n) is 1.65. The van der Waals surface area contributed by atoms with Gasteiger partial charge < -0.3 is 4.90 Å². The summed E-state index contributed by atoms with van der Waals surface area (Å²) in [5, 5.41) is 2.05. The summed E-state index contributed by atoms with van der Waals surface area (Å²) in [6, 6.07) is 0.384. The van der Waals surface area contributed by atoms with Crippen molar-refractivity contribution >= 4 is 19.7 Å². The third kappa shape index (κ3) is 4.32. The largest absolute Gasteiger partial charge is 0.302 e. The fourth-order valence-corrected chi connectivity index (χ4v) is 2.07. The second kappa shape index (κ2) is 5.01. The standard InChI is InChI=1S/C9H14ClNO2S/c1-11-7-3-2-5-9(11)6-4-8-14(10,12)13/h9H,2-3,5-7H2,1H3. The number of hydrogen-bond donors (Lipinski definition) is 0. The van der Waals surface area contributed by atoms with Crippen molar-refractivity contribution in [2.45, 2.75) is 31.7 Å². The van der Waals surface area contributed by atoms with Crippen molar-refractivity contribution in [3.8, 4) is 11.2 Å². The van der Waals surface area contributed by atoms with E-state index in [1.165, 1.54) is 12.8 Å². The monoisotopic (exact) mass is 235 g/mol. The lowest BCUT2D eigenvalue weighted by Gasteiger charge is -2.30. The maximum atomic E-state index is 10.5. The van der Waals surface area contributed by atoms with E-state index in [0.29, 0.717) is 12.5 Å². The zero-order valence-corrected chi connectivity index (χ0v) is 9.74. The first-order chi connectivity index (χ1) is 6.49. The molecule has 0 spiro atoms. The van der Waals surface area contributed by atoms with Crippen molar-refractivity contribution in [1.82, 2.24) is 4.90 Å². The van der Waals surface area contributed by atoms with Gasteiger partial charge in [0.25, 0.3) is 0 Å². The molecule has 1 heterocycles. The Hall–Kier alpha value is -0.240. The number of halogens is 1. The molecule has 3 nitrogen and oxygen atoms in total. The first-order valence-corrected chi connectivity index (χ1v) is 6.94. The lowest BCUT2D eigenvalue weighted by molar-refractivity contribution is 0.189. The van der Waals surface area contributed by atoms with Crippen molar-refractivity contribution in [2.75, 3.05) is 13.6 Å². The zero-order chi connectivity index (χ0) is 10.6. The van der Waals surface area contributed by atoms with Crippen LogP contribution in [0.3, 0.4) is 0 Å². The molecule has 1 aliphatic rings. The van der Waals surface area contributed by atoms with Crippen LogP contribution in [0.2, 0.25) is 0 Å². The summed E-state index contributed by atoms with van der Waals surface area (Å²) in [5.41, 5.74) is 0. The highest BCUT2D eigenvalue weighted by Gasteiger charge is 2.17. The second-order valence-electron chi connectivity index (χ2n) is 3.55. The summed E-state index contributed by atoms with van der Waals surface area (Å²) in [5.74, 6) is 2.61. The highest BCUT2D eigenvalue weighted by Crippen LogP contribution is 2.17. The SMILES string of the molecule is CN1CCCCC1CC#CS(=O)(=O)Cl. The van der Waals surface area contributed by atoms with Gasteiger partial charge in [-0.2, -0.15) is 8.42 Å². The van der Waals surface area contributed by atoms with E-state index < -0.39 is 9.05 Å². The molecule has 0 amide bonds. The maximum absolute atomic E-state index is 10.5. The van der Waals surface area contributed by atoms with Gasteiger partial charge in [-0.25, -0.2) is 0 Å². The molecule has 0 bridgehead atoms. The molecule has 0 radical (unpaired) electrons. The van der Waals surface area contributed by atoms with E-state index in [1.54, 1.807) is 0 Å². The van der Waals surface area contributed by atoms with Crippen molar-refractivity contribution in [3.63, 3.8) is 0 Å². The maximum Gasteiger partial charge on any atom is 0.300 e. The van der Waals surface area contributed by atoms with Crippen molar-refractivity contribution in [2.24, 2.45) is 0 Å². The van der Waals surface area contributed by atoms with Crippen LogP contribution in [0.5, 0.6) is 0 Å². The predicted octanol–water partition coefficient (Wildman–Crippen LogP) is 1.39. The van der Waals surface area contributed by atoms with E-state index in [2.05, 4.69) is 16.1 Å². The fraction of sp³-hybridized carbons (Fsp3) is 0.778. The van der Waals surface area contributed by atoms with Gasteiger partial charge in [-0.1, -0.05) is 12.3 Å². The average Bonchev–Trinajstić information content (AvgIpc) is 2.06. The number of nitrogens with zero attached hydrogens (tertiary/aromatic N) is 1. The molecule has 0 N–H and O–H groups in total. The minimum Gasteiger partial charge on any atom is -0.302 e. The average molecular weight is 236 g/mol. The molecule has 14 heavy (non-hydrogen) atoms. The molecule has 1 aliphatic heterocycles. The van der Waals surface area contributed by atoms with Crippen LogP contribution in [0.4, 0.5) is 0 Å². The van der Waals surface area contributed by atoms with Gasteiger partial charge in [0.15, 0.2) is 0 Å². The predicted molar refractivity (Wildman–Crippen MR) is 57.4 cm³/mol. The summed E-state index contributed by atoms with van der Waals surface area (Å²) in [6.07, 6.45) is 4.09. The van der Waals surface area contributed by atoms with Gasteiger partial charge in [-0.05, 0) is 26.4 Å². The van der Waals surface area contributed by atoms with E-state index in [0.717, 1.165) is 13.0 Å². The summed E-state index contributed by atoms with van der Waals surface area (Å²) in [6.45, 7) is 1.07. The molecule has 1 unspecified atom stereocenters. The Labute approximate surface area is 89.8 Å². The van der Waals surface area contributed by atoms with E-state index in [-0.39, 0.29) is 0 Å². The van der Waals surface area contributed by atoms with Gasteiger partial charge in [-0.3, -0.25) is 0 Å². The van der Waals surface area contributed by atoms with Crippen molar-refractivity contribution < 1.29 is 8.42 Å². The number of piperidine rings is 1. The van der Waals surface area contributed by atoms with Gasteiger partial charge in [0, 0.05) is 28.4 Å². The normalized spacial score (nSPS) is 24.0. The Kier molecular flexibility index (Phi) is 4.24. The molecular formula is C9H14ClNO2S. The molecule has 5 heteroatoms. The van der Waals surface area contributed by atoms with Gasteiger partial charge in [0.1, 0.15) is 0 Å². The molecule has 0 saturated carbocycles. The van der Waals surface area contributed by atoms with Crippen LogP contribution in [0.1, 0.15) is 25.7 Å². The highest BCUT2D eigenvalue weighted by atomic mass is 35.7. The molecule has 0 aromatic rings. The van der Waals surface area contributed by atoms with Crippen LogP contribution in [0.25, 0.3) is 0 Å². The number of rotatable bonds is 1. The number of likely N-dealkylation sites (tertiary alicyclic amines) is 1. The molecule has 0 aliphatic carbocycles. The second-order valence-corrected chi connectivity index (χ2v) is 5.85. The molecule has 1 fully saturated rings. The summed E-state index contributed by atoms with van der Waals surface area (Å²) >= 11 is 0. The number of hydrogen-bond acceptors (Lipinski definition) is 3. The van der Waals surface area contributed by atoms with Crippen LogP contribution in [-0.2, 0) is 9.05 Å². The molecule has 1 rings (SSSR count). The lowest BCUT2D eigenvalue weighted by atomic mass is 10.0. The molecule has 80 valence electrons. The summed E-state index contributed by atoms with van der Waals surface area (Å²) < 4.78 is 21.1. The molecular weight excluding hydrogens is 222 g/mol. The van der Waals surface area contributed by atoms with E-state index >= 15 is 0 Å². The Morgan fingerprint density at radius 3 is 2.79 bits per heavy atom. The first-order valence-electron chi connectivity index (χ1n) is 4.63. The van der Waals surface area contributed by atoms with E-state index in [4.69, 9.17) is 10.7 Å². The Morgan fingerprint density at radius 2 is 2.21 bits per heavy atom. The topological polar surface area (TPSA) is 37.4 Å². The van der Waals surface area contributed by atoms with Crippen LogP contribution >= 0.6 is 10.7 Å². The third-order valence-corrected chi connectivity index (χ3v) is 3.07. The van der Waals surface area contributed by atoms with Crippen LogP contribution < -0.4 is 0 Å². The van der Waals surface area contributed by atoms with Gasteiger partial charge in [0.05, 0.1) is 0 Å². The summed E-state index contributed by atoms with van der Waals surface area (Å²) in [4.78, 5) is 2.22.